The molecule has 4 rings (SSSR count). The van der Waals surface area contributed by atoms with Crippen molar-refractivity contribution in [1.82, 2.24) is 0 Å². The zero-order valence-corrected chi connectivity index (χ0v) is 18.9. The quantitative estimate of drug-likeness (QED) is 0.549. The predicted molar refractivity (Wildman–Crippen MR) is 129 cm³/mol. The number of carbonyl (C=O) groups is 1. The first-order valence-corrected chi connectivity index (χ1v) is 12.1. The summed E-state index contributed by atoms with van der Waals surface area (Å²) < 4.78 is 23.6. The van der Waals surface area contributed by atoms with Gasteiger partial charge in [-0.25, -0.2) is 0 Å². The van der Waals surface area contributed by atoms with E-state index >= 15 is 0 Å². The van der Waals surface area contributed by atoms with Crippen molar-refractivity contribution in [3.8, 4) is 16.9 Å². The highest BCUT2D eigenvalue weighted by atomic mass is 32.2. The van der Waals surface area contributed by atoms with Crippen molar-refractivity contribution in [1.29, 1.82) is 0 Å². The molecule has 1 fully saturated rings. The van der Waals surface area contributed by atoms with E-state index < -0.39 is 10.8 Å². The predicted octanol–water partition coefficient (Wildman–Crippen LogP) is 5.04. The van der Waals surface area contributed by atoms with Crippen molar-refractivity contribution in [2.24, 2.45) is 0 Å². The molecule has 0 bridgehead atoms. The lowest BCUT2D eigenvalue weighted by Gasteiger charge is -2.21. The molecule has 0 radical (unpaired) electrons. The molecule has 1 heterocycles. The molecule has 0 aliphatic carbocycles. The number of amides is 1. The summed E-state index contributed by atoms with van der Waals surface area (Å²) in [4.78, 5) is 13.0. The van der Waals surface area contributed by atoms with Gasteiger partial charge in [-0.3, -0.25) is 9.00 Å². The SMILES string of the molecule is COc1ccc(C(=O)Nc2cccc(CS(=O)C3CCOCC3)c2)cc1-c1ccccc1. The molecule has 3 aromatic carbocycles. The van der Waals surface area contributed by atoms with Crippen molar-refractivity contribution in [3.05, 3.63) is 83.9 Å². The fourth-order valence-corrected chi connectivity index (χ4v) is 5.32. The molecule has 32 heavy (non-hydrogen) atoms. The maximum absolute atomic E-state index is 13.0. The molecule has 0 saturated carbocycles. The van der Waals surface area contributed by atoms with Crippen molar-refractivity contribution in [2.75, 3.05) is 25.6 Å². The minimum absolute atomic E-state index is 0.178. The zero-order chi connectivity index (χ0) is 22.3. The maximum atomic E-state index is 13.0. The number of carbonyl (C=O) groups excluding carboxylic acids is 1. The van der Waals surface area contributed by atoms with Crippen LogP contribution < -0.4 is 10.1 Å². The van der Waals surface area contributed by atoms with E-state index in [9.17, 15) is 9.00 Å². The lowest BCUT2D eigenvalue weighted by Crippen LogP contribution is -2.25. The van der Waals surface area contributed by atoms with Gasteiger partial charge in [0.15, 0.2) is 0 Å². The van der Waals surface area contributed by atoms with Crippen LogP contribution in [-0.2, 0) is 21.3 Å². The van der Waals surface area contributed by atoms with Crippen LogP contribution in [-0.4, -0.2) is 35.7 Å². The Labute approximate surface area is 191 Å². The van der Waals surface area contributed by atoms with Gasteiger partial charge in [-0.2, -0.15) is 0 Å². The highest BCUT2D eigenvalue weighted by molar-refractivity contribution is 7.84. The number of hydrogen-bond donors (Lipinski definition) is 1. The van der Waals surface area contributed by atoms with Crippen LogP contribution in [0, 0.1) is 0 Å². The summed E-state index contributed by atoms with van der Waals surface area (Å²) in [5.74, 6) is 0.993. The lowest BCUT2D eigenvalue weighted by molar-refractivity contribution is 0.0991. The van der Waals surface area contributed by atoms with E-state index in [1.165, 1.54) is 0 Å². The van der Waals surface area contributed by atoms with Crippen molar-refractivity contribution < 1.29 is 18.5 Å². The number of ether oxygens (including phenoxy) is 2. The maximum Gasteiger partial charge on any atom is 0.255 e. The molecule has 1 saturated heterocycles. The highest BCUT2D eigenvalue weighted by Crippen LogP contribution is 2.31. The van der Waals surface area contributed by atoms with Gasteiger partial charge >= 0.3 is 0 Å². The Morgan fingerprint density at radius 2 is 1.81 bits per heavy atom. The monoisotopic (exact) mass is 449 g/mol. The second-order valence-electron chi connectivity index (χ2n) is 7.77. The van der Waals surface area contributed by atoms with E-state index in [4.69, 9.17) is 9.47 Å². The number of hydrogen-bond acceptors (Lipinski definition) is 4. The summed E-state index contributed by atoms with van der Waals surface area (Å²) in [5, 5.41) is 3.15. The Balaban J connectivity index is 1.48. The van der Waals surface area contributed by atoms with Crippen molar-refractivity contribution >= 4 is 22.4 Å². The first-order valence-electron chi connectivity index (χ1n) is 10.7. The Bertz CT molecular complexity index is 1090. The molecular formula is C26H27NO4S. The summed E-state index contributed by atoms with van der Waals surface area (Å²) in [6, 6.07) is 22.8. The van der Waals surface area contributed by atoms with Crippen LogP contribution in [0.4, 0.5) is 5.69 Å². The molecule has 3 aromatic rings. The molecule has 1 atom stereocenters. The van der Waals surface area contributed by atoms with Gasteiger partial charge in [0.25, 0.3) is 5.91 Å². The fourth-order valence-electron chi connectivity index (χ4n) is 3.86. The minimum Gasteiger partial charge on any atom is -0.496 e. The van der Waals surface area contributed by atoms with Crippen molar-refractivity contribution in [2.45, 2.75) is 23.8 Å². The number of nitrogens with one attached hydrogen (secondary N) is 1. The summed E-state index contributed by atoms with van der Waals surface area (Å²) in [6.07, 6.45) is 1.68. The van der Waals surface area contributed by atoms with Crippen LogP contribution in [0.15, 0.2) is 72.8 Å². The van der Waals surface area contributed by atoms with E-state index in [-0.39, 0.29) is 11.2 Å². The largest absolute Gasteiger partial charge is 0.496 e. The van der Waals surface area contributed by atoms with Crippen LogP contribution in [0.2, 0.25) is 0 Å². The molecule has 166 valence electrons. The van der Waals surface area contributed by atoms with Gasteiger partial charge in [0.2, 0.25) is 0 Å². The van der Waals surface area contributed by atoms with Crippen LogP contribution >= 0.6 is 0 Å². The lowest BCUT2D eigenvalue weighted by atomic mass is 10.0. The smallest absolute Gasteiger partial charge is 0.255 e. The topological polar surface area (TPSA) is 64.6 Å². The molecule has 0 spiro atoms. The van der Waals surface area contributed by atoms with Gasteiger partial charge in [-0.1, -0.05) is 42.5 Å². The molecule has 0 aromatic heterocycles. The second-order valence-corrected chi connectivity index (χ2v) is 9.49. The average molecular weight is 450 g/mol. The van der Waals surface area contributed by atoms with Crippen LogP contribution in [0.3, 0.4) is 0 Å². The Morgan fingerprint density at radius 1 is 1.03 bits per heavy atom. The van der Waals surface area contributed by atoms with Gasteiger partial charge in [-0.15, -0.1) is 0 Å². The van der Waals surface area contributed by atoms with Gasteiger partial charge in [0.05, 0.1) is 7.11 Å². The number of anilines is 1. The molecule has 1 aliphatic rings. The van der Waals surface area contributed by atoms with Gasteiger partial charge in [0.1, 0.15) is 5.75 Å². The van der Waals surface area contributed by atoms with E-state index in [0.717, 1.165) is 29.5 Å². The molecule has 6 heteroatoms. The molecular weight excluding hydrogens is 422 g/mol. The first kappa shape index (κ1) is 22.2. The Hall–Kier alpha value is -2.96. The van der Waals surface area contributed by atoms with E-state index in [1.54, 1.807) is 13.2 Å². The van der Waals surface area contributed by atoms with Crippen LogP contribution in [0.1, 0.15) is 28.8 Å². The zero-order valence-electron chi connectivity index (χ0n) is 18.1. The highest BCUT2D eigenvalue weighted by Gasteiger charge is 2.20. The Morgan fingerprint density at radius 3 is 2.56 bits per heavy atom. The fraction of sp³-hybridized carbons (Fsp3) is 0.269. The summed E-state index contributed by atoms with van der Waals surface area (Å²) >= 11 is 0. The van der Waals surface area contributed by atoms with Crippen LogP contribution in [0.25, 0.3) is 11.1 Å². The Kier molecular flexibility index (Phi) is 7.35. The van der Waals surface area contributed by atoms with E-state index in [1.807, 2.05) is 66.7 Å². The summed E-state index contributed by atoms with van der Waals surface area (Å²) in [6.45, 7) is 1.36. The molecule has 1 N–H and O–H groups in total. The molecule has 1 aliphatic heterocycles. The first-order chi connectivity index (χ1) is 15.6. The molecule has 5 nitrogen and oxygen atoms in total. The minimum atomic E-state index is -0.949. The molecule has 1 unspecified atom stereocenters. The van der Waals surface area contributed by atoms with E-state index in [2.05, 4.69) is 5.32 Å². The third-order valence-corrected chi connectivity index (χ3v) is 7.41. The molecule has 1 amide bonds. The number of methoxy groups -OCH3 is 1. The number of benzene rings is 3. The normalized spacial score (nSPS) is 15.2. The standard InChI is InChI=1S/C26H27NO4S/c1-30-25-11-10-21(17-24(25)20-7-3-2-4-8-20)26(28)27-22-9-5-6-19(16-22)18-32(29)23-12-14-31-15-13-23/h2-11,16-17,23H,12-15,18H2,1H3,(H,27,28). The van der Waals surface area contributed by atoms with Gasteiger partial charge < -0.3 is 14.8 Å². The van der Waals surface area contributed by atoms with Crippen LogP contribution in [0.5, 0.6) is 5.75 Å². The second kappa shape index (κ2) is 10.6. The summed E-state index contributed by atoms with van der Waals surface area (Å²) in [7, 11) is 0.673. The number of rotatable bonds is 7. The van der Waals surface area contributed by atoms with Crippen molar-refractivity contribution in [3.63, 3.8) is 0 Å². The average Bonchev–Trinajstić information content (AvgIpc) is 2.85. The van der Waals surface area contributed by atoms with Gasteiger partial charge in [-0.05, 0) is 54.3 Å². The third kappa shape index (κ3) is 5.44. The summed E-state index contributed by atoms with van der Waals surface area (Å²) in [5.41, 5.74) is 4.03. The third-order valence-electron chi connectivity index (χ3n) is 5.58. The van der Waals surface area contributed by atoms with E-state index in [0.29, 0.717) is 36.0 Å². The van der Waals surface area contributed by atoms with Gasteiger partial charge in [0, 0.05) is 51.8 Å².